The molecule has 1 heterocycles. The maximum absolute atomic E-state index is 13.6. The van der Waals surface area contributed by atoms with Gasteiger partial charge in [0.15, 0.2) is 15.7 Å². The predicted molar refractivity (Wildman–Crippen MR) is 72.9 cm³/mol. The molecule has 22 heavy (non-hydrogen) atoms. The summed E-state index contributed by atoms with van der Waals surface area (Å²) in [6, 6.07) is 3.40. The van der Waals surface area contributed by atoms with Gasteiger partial charge in [0.2, 0.25) is 5.91 Å². The van der Waals surface area contributed by atoms with Crippen LogP contribution in [0.1, 0.15) is 12.7 Å². The van der Waals surface area contributed by atoms with Gasteiger partial charge >= 0.3 is 0 Å². The molecule has 1 amide bonds. The van der Waals surface area contributed by atoms with Crippen molar-refractivity contribution in [2.24, 2.45) is 0 Å². The van der Waals surface area contributed by atoms with E-state index in [0.717, 1.165) is 13.0 Å². The largest absolute Gasteiger partial charge is 0.360 e. The van der Waals surface area contributed by atoms with Crippen molar-refractivity contribution in [1.82, 2.24) is 5.16 Å². The van der Waals surface area contributed by atoms with Crippen molar-refractivity contribution in [1.29, 1.82) is 0 Å². The van der Waals surface area contributed by atoms with Gasteiger partial charge in [0.25, 0.3) is 0 Å². The third-order valence-electron chi connectivity index (χ3n) is 2.91. The van der Waals surface area contributed by atoms with Crippen LogP contribution in [-0.4, -0.2) is 24.7 Å². The Balaban J connectivity index is 2.28. The van der Waals surface area contributed by atoms with Crippen LogP contribution in [0.25, 0.3) is 0 Å². The molecule has 6 nitrogen and oxygen atoms in total. The number of aryl methyl sites for hydroxylation is 1. The Kier molecular flexibility index (Phi) is 4.27. The molecule has 1 atom stereocenters. The van der Waals surface area contributed by atoms with E-state index in [0.29, 0.717) is 17.9 Å². The summed E-state index contributed by atoms with van der Waals surface area (Å²) >= 11 is 0. The number of sulfone groups is 1. The van der Waals surface area contributed by atoms with E-state index in [1.165, 1.54) is 6.07 Å². The van der Waals surface area contributed by atoms with Gasteiger partial charge < -0.3 is 9.84 Å². The van der Waals surface area contributed by atoms with E-state index in [2.05, 4.69) is 10.5 Å². The predicted octanol–water partition coefficient (Wildman–Crippen LogP) is 2.06. The lowest BCUT2D eigenvalue weighted by Crippen LogP contribution is -2.33. The average molecular weight is 330 g/mol. The average Bonchev–Trinajstić information content (AvgIpc) is 2.85. The number of carbonyl (C=O) groups is 1. The quantitative estimate of drug-likeness (QED) is 0.927. The third kappa shape index (κ3) is 3.14. The van der Waals surface area contributed by atoms with Gasteiger partial charge in [0, 0.05) is 6.07 Å². The second-order valence-electron chi connectivity index (χ2n) is 4.57. The Morgan fingerprint density at radius 2 is 2.00 bits per heavy atom. The van der Waals surface area contributed by atoms with Crippen LogP contribution in [0.3, 0.4) is 0 Å². The summed E-state index contributed by atoms with van der Waals surface area (Å²) in [7, 11) is -4.39. The highest BCUT2D eigenvalue weighted by molar-refractivity contribution is 7.92. The fourth-order valence-electron chi connectivity index (χ4n) is 1.68. The fourth-order valence-corrected chi connectivity index (χ4v) is 3.02. The van der Waals surface area contributed by atoms with E-state index >= 15 is 0 Å². The first kappa shape index (κ1) is 16.1. The Hall–Kier alpha value is -2.29. The highest BCUT2D eigenvalue weighted by atomic mass is 32.2. The standard InChI is InChI=1S/C13H12F2N2O4S/c1-7-5-12(17-21-7)16-13(18)8(2)22(19,20)11-6-9(14)3-4-10(11)15/h3-6,8H,1-2H3,(H,16,17,18)/t8-/m0/s1. The van der Waals surface area contributed by atoms with Crippen LogP contribution in [0.15, 0.2) is 33.7 Å². The van der Waals surface area contributed by atoms with Crippen molar-refractivity contribution in [2.75, 3.05) is 5.32 Å². The SMILES string of the molecule is Cc1cc(NC(=O)[C@H](C)S(=O)(=O)c2cc(F)ccc2F)no1. The number of hydrogen-bond acceptors (Lipinski definition) is 5. The Morgan fingerprint density at radius 1 is 1.32 bits per heavy atom. The van der Waals surface area contributed by atoms with Gasteiger partial charge in [-0.05, 0) is 32.0 Å². The highest BCUT2D eigenvalue weighted by Gasteiger charge is 2.32. The van der Waals surface area contributed by atoms with Crippen molar-refractivity contribution >= 4 is 21.6 Å². The van der Waals surface area contributed by atoms with Crippen LogP contribution in [0.5, 0.6) is 0 Å². The van der Waals surface area contributed by atoms with E-state index in [4.69, 9.17) is 4.52 Å². The van der Waals surface area contributed by atoms with Crippen LogP contribution in [0, 0.1) is 18.6 Å². The summed E-state index contributed by atoms with van der Waals surface area (Å²) in [6.45, 7) is 2.66. The molecule has 0 aliphatic heterocycles. The first-order valence-electron chi connectivity index (χ1n) is 6.15. The van der Waals surface area contributed by atoms with E-state index in [1.807, 2.05) is 0 Å². The zero-order valence-corrected chi connectivity index (χ0v) is 12.4. The number of aromatic nitrogens is 1. The molecular weight excluding hydrogens is 318 g/mol. The number of carbonyl (C=O) groups excluding carboxylic acids is 1. The van der Waals surface area contributed by atoms with Crippen LogP contribution >= 0.6 is 0 Å². The molecule has 2 rings (SSSR count). The maximum Gasteiger partial charge on any atom is 0.244 e. The minimum atomic E-state index is -4.39. The summed E-state index contributed by atoms with van der Waals surface area (Å²) in [6.07, 6.45) is 0. The molecule has 0 aliphatic carbocycles. The minimum Gasteiger partial charge on any atom is -0.360 e. The molecule has 0 saturated heterocycles. The third-order valence-corrected chi connectivity index (χ3v) is 4.98. The van der Waals surface area contributed by atoms with E-state index in [1.54, 1.807) is 6.92 Å². The van der Waals surface area contributed by atoms with Crippen molar-refractivity contribution in [3.8, 4) is 0 Å². The first-order chi connectivity index (χ1) is 10.2. The van der Waals surface area contributed by atoms with E-state index in [9.17, 15) is 22.0 Å². The first-order valence-corrected chi connectivity index (χ1v) is 7.69. The smallest absolute Gasteiger partial charge is 0.244 e. The molecule has 2 aromatic rings. The van der Waals surface area contributed by atoms with Crippen molar-refractivity contribution in [3.63, 3.8) is 0 Å². The molecule has 0 spiro atoms. The lowest BCUT2D eigenvalue weighted by Gasteiger charge is -2.12. The van der Waals surface area contributed by atoms with Crippen molar-refractivity contribution < 1.29 is 26.5 Å². The molecule has 0 fully saturated rings. The summed E-state index contributed by atoms with van der Waals surface area (Å²) < 4.78 is 55.9. The summed E-state index contributed by atoms with van der Waals surface area (Å²) in [5.41, 5.74) is 0. The molecule has 1 aromatic carbocycles. The fraction of sp³-hybridized carbons (Fsp3) is 0.231. The van der Waals surface area contributed by atoms with Gasteiger partial charge in [0.1, 0.15) is 27.5 Å². The molecule has 0 aliphatic rings. The van der Waals surface area contributed by atoms with Gasteiger partial charge in [-0.2, -0.15) is 0 Å². The molecule has 9 heteroatoms. The topological polar surface area (TPSA) is 89.3 Å². The van der Waals surface area contributed by atoms with Gasteiger partial charge in [-0.1, -0.05) is 5.16 Å². The number of rotatable bonds is 4. The van der Waals surface area contributed by atoms with E-state index in [-0.39, 0.29) is 5.82 Å². The number of halogens is 2. The van der Waals surface area contributed by atoms with Gasteiger partial charge in [0.05, 0.1) is 0 Å². The summed E-state index contributed by atoms with van der Waals surface area (Å²) in [4.78, 5) is 11.1. The Morgan fingerprint density at radius 3 is 2.59 bits per heavy atom. The summed E-state index contributed by atoms with van der Waals surface area (Å²) in [5.74, 6) is -2.53. The van der Waals surface area contributed by atoms with Crippen molar-refractivity contribution in [2.45, 2.75) is 24.0 Å². The van der Waals surface area contributed by atoms with Crippen LogP contribution < -0.4 is 5.32 Å². The van der Waals surface area contributed by atoms with Crippen LogP contribution in [0.2, 0.25) is 0 Å². The molecule has 0 radical (unpaired) electrons. The normalized spacial score (nSPS) is 12.9. The maximum atomic E-state index is 13.6. The molecular formula is C13H12F2N2O4S. The minimum absolute atomic E-state index is 0.0317. The molecule has 118 valence electrons. The zero-order chi connectivity index (χ0) is 16.5. The number of hydrogen-bond donors (Lipinski definition) is 1. The van der Waals surface area contributed by atoms with Gasteiger partial charge in [-0.15, -0.1) is 0 Å². The second-order valence-corrected chi connectivity index (χ2v) is 6.81. The lowest BCUT2D eigenvalue weighted by atomic mass is 10.3. The lowest BCUT2D eigenvalue weighted by molar-refractivity contribution is -0.115. The molecule has 1 N–H and O–H groups in total. The second kappa shape index (κ2) is 5.84. The van der Waals surface area contributed by atoms with Crippen LogP contribution in [-0.2, 0) is 14.6 Å². The van der Waals surface area contributed by atoms with E-state index < -0.39 is 37.5 Å². The van der Waals surface area contributed by atoms with Gasteiger partial charge in [-0.25, -0.2) is 17.2 Å². The molecule has 0 bridgehead atoms. The number of benzene rings is 1. The number of nitrogens with zero attached hydrogens (tertiary/aromatic N) is 1. The molecule has 0 unspecified atom stereocenters. The van der Waals surface area contributed by atoms with Crippen LogP contribution in [0.4, 0.5) is 14.6 Å². The van der Waals surface area contributed by atoms with Gasteiger partial charge in [-0.3, -0.25) is 4.79 Å². The Bertz CT molecular complexity index is 817. The summed E-state index contributed by atoms with van der Waals surface area (Å²) in [5, 5.41) is 4.08. The number of anilines is 1. The zero-order valence-electron chi connectivity index (χ0n) is 11.6. The molecule has 1 aromatic heterocycles. The Labute approximate surface area is 125 Å². The highest BCUT2D eigenvalue weighted by Crippen LogP contribution is 2.21. The number of amides is 1. The monoisotopic (exact) mass is 330 g/mol. The van der Waals surface area contributed by atoms with Crippen molar-refractivity contribution in [3.05, 3.63) is 41.7 Å². The molecule has 0 saturated carbocycles. The number of nitrogens with one attached hydrogen (secondary N) is 1.